The van der Waals surface area contributed by atoms with Crippen LogP contribution in [0.3, 0.4) is 0 Å². The molecule has 2 amide bonds. The number of hydrogen-bond donors (Lipinski definition) is 1. The largest absolute Gasteiger partial charge is 0.385 e. The van der Waals surface area contributed by atoms with Crippen molar-refractivity contribution < 1.29 is 14.3 Å². The lowest BCUT2D eigenvalue weighted by atomic mass is 9.99. The van der Waals surface area contributed by atoms with Crippen molar-refractivity contribution in [1.29, 1.82) is 0 Å². The van der Waals surface area contributed by atoms with Crippen molar-refractivity contribution in [2.24, 2.45) is 5.92 Å². The number of nitrogens with one attached hydrogen (secondary N) is 1. The van der Waals surface area contributed by atoms with Crippen LogP contribution in [0.2, 0.25) is 0 Å². The van der Waals surface area contributed by atoms with Crippen molar-refractivity contribution in [2.45, 2.75) is 13.3 Å². The molecule has 5 heteroatoms. The molecule has 0 atom stereocenters. The highest BCUT2D eigenvalue weighted by molar-refractivity contribution is 5.83. The fourth-order valence-corrected chi connectivity index (χ4v) is 1.47. The summed E-state index contributed by atoms with van der Waals surface area (Å²) in [6.45, 7) is 3.94. The Balaban J connectivity index is 2.07. The fraction of sp³-hybridized carbons (Fsp3) is 0.800. The van der Waals surface area contributed by atoms with E-state index in [1.54, 1.807) is 12.0 Å². The molecule has 0 spiro atoms. The van der Waals surface area contributed by atoms with Gasteiger partial charge in [-0.3, -0.25) is 9.59 Å². The van der Waals surface area contributed by atoms with Crippen molar-refractivity contribution in [3.05, 3.63) is 0 Å². The molecule has 1 fully saturated rings. The number of methoxy groups -OCH3 is 1. The van der Waals surface area contributed by atoms with E-state index in [-0.39, 0.29) is 17.7 Å². The molecule has 0 aromatic rings. The zero-order chi connectivity index (χ0) is 11.3. The zero-order valence-corrected chi connectivity index (χ0v) is 9.28. The first-order valence-electron chi connectivity index (χ1n) is 5.17. The summed E-state index contributed by atoms with van der Waals surface area (Å²) in [5.41, 5.74) is 0. The van der Waals surface area contributed by atoms with Gasteiger partial charge in [-0.25, -0.2) is 0 Å². The number of rotatable bonds is 5. The quantitative estimate of drug-likeness (QED) is 0.634. The molecule has 0 unspecified atom stereocenters. The predicted molar refractivity (Wildman–Crippen MR) is 55.2 cm³/mol. The summed E-state index contributed by atoms with van der Waals surface area (Å²) in [5, 5.41) is 2.82. The Morgan fingerprint density at radius 3 is 2.67 bits per heavy atom. The van der Waals surface area contributed by atoms with E-state index in [1.165, 1.54) is 6.92 Å². The second-order valence-corrected chi connectivity index (χ2v) is 3.76. The molecule has 1 N–H and O–H groups in total. The highest BCUT2D eigenvalue weighted by Gasteiger charge is 2.33. The summed E-state index contributed by atoms with van der Waals surface area (Å²) >= 11 is 0. The maximum absolute atomic E-state index is 11.5. The highest BCUT2D eigenvalue weighted by Crippen LogP contribution is 2.15. The standard InChI is InChI=1S/C10H18N2O3/c1-8(13)12-6-9(7-12)10(14)11-4-3-5-15-2/h9H,3-7H2,1-2H3,(H,11,14). The van der Waals surface area contributed by atoms with Crippen molar-refractivity contribution >= 4 is 11.8 Å². The summed E-state index contributed by atoms with van der Waals surface area (Å²) in [6.07, 6.45) is 0.825. The van der Waals surface area contributed by atoms with Gasteiger partial charge in [0.2, 0.25) is 11.8 Å². The van der Waals surface area contributed by atoms with E-state index in [9.17, 15) is 9.59 Å². The van der Waals surface area contributed by atoms with E-state index in [1.807, 2.05) is 0 Å². The van der Waals surface area contributed by atoms with Crippen LogP contribution in [-0.4, -0.2) is 50.1 Å². The average Bonchev–Trinajstić information content (AvgIpc) is 2.09. The first kappa shape index (κ1) is 12.0. The van der Waals surface area contributed by atoms with Crippen LogP contribution >= 0.6 is 0 Å². The van der Waals surface area contributed by atoms with E-state index in [4.69, 9.17) is 4.74 Å². The van der Waals surface area contributed by atoms with Crippen LogP contribution in [0.25, 0.3) is 0 Å². The van der Waals surface area contributed by atoms with E-state index in [2.05, 4.69) is 5.32 Å². The van der Waals surface area contributed by atoms with Gasteiger partial charge in [0, 0.05) is 40.3 Å². The minimum atomic E-state index is -0.0172. The van der Waals surface area contributed by atoms with Gasteiger partial charge in [0.05, 0.1) is 5.92 Å². The molecule has 1 rings (SSSR count). The number of likely N-dealkylation sites (tertiary alicyclic amines) is 1. The number of carbonyl (C=O) groups excluding carboxylic acids is 2. The number of amides is 2. The summed E-state index contributed by atoms with van der Waals surface area (Å²) in [5.74, 6) is 0.0680. The molecule has 15 heavy (non-hydrogen) atoms. The van der Waals surface area contributed by atoms with Crippen LogP contribution in [0.1, 0.15) is 13.3 Å². The minimum absolute atomic E-state index is 0.0172. The second kappa shape index (κ2) is 5.70. The first-order chi connectivity index (χ1) is 7.15. The monoisotopic (exact) mass is 214 g/mol. The molecule has 0 aromatic heterocycles. The van der Waals surface area contributed by atoms with Crippen molar-refractivity contribution in [1.82, 2.24) is 10.2 Å². The molecule has 86 valence electrons. The summed E-state index contributed by atoms with van der Waals surface area (Å²) in [4.78, 5) is 24.0. The molecule has 0 aromatic carbocycles. The maximum Gasteiger partial charge on any atom is 0.226 e. The Morgan fingerprint density at radius 2 is 2.13 bits per heavy atom. The summed E-state index contributed by atoms with van der Waals surface area (Å²) in [6, 6.07) is 0. The van der Waals surface area contributed by atoms with Crippen LogP contribution in [0.4, 0.5) is 0 Å². The third-order valence-corrected chi connectivity index (χ3v) is 2.52. The van der Waals surface area contributed by atoms with Gasteiger partial charge in [0.15, 0.2) is 0 Å². The normalized spacial score (nSPS) is 16.0. The van der Waals surface area contributed by atoms with Gasteiger partial charge in [-0.1, -0.05) is 0 Å². The predicted octanol–water partition coefficient (Wildman–Crippen LogP) is -0.383. The van der Waals surface area contributed by atoms with Gasteiger partial charge in [0.1, 0.15) is 0 Å². The molecule has 0 aliphatic carbocycles. The van der Waals surface area contributed by atoms with Gasteiger partial charge >= 0.3 is 0 Å². The third-order valence-electron chi connectivity index (χ3n) is 2.52. The van der Waals surface area contributed by atoms with E-state index in [0.29, 0.717) is 26.2 Å². The topological polar surface area (TPSA) is 58.6 Å². The lowest BCUT2D eigenvalue weighted by Gasteiger charge is -2.37. The van der Waals surface area contributed by atoms with E-state index < -0.39 is 0 Å². The zero-order valence-electron chi connectivity index (χ0n) is 9.28. The summed E-state index contributed by atoms with van der Waals surface area (Å²) in [7, 11) is 1.64. The Morgan fingerprint density at radius 1 is 1.47 bits per heavy atom. The van der Waals surface area contributed by atoms with Crippen molar-refractivity contribution in [3.63, 3.8) is 0 Å². The number of ether oxygens (including phenoxy) is 1. The average molecular weight is 214 g/mol. The molecule has 1 saturated heterocycles. The molecule has 0 radical (unpaired) electrons. The fourth-order valence-electron chi connectivity index (χ4n) is 1.47. The third kappa shape index (κ3) is 3.51. The smallest absolute Gasteiger partial charge is 0.226 e. The Hall–Kier alpha value is -1.10. The molecule has 1 aliphatic heterocycles. The molecule has 1 heterocycles. The van der Waals surface area contributed by atoms with Crippen LogP contribution in [0, 0.1) is 5.92 Å². The lowest BCUT2D eigenvalue weighted by molar-refractivity contribution is -0.141. The Kier molecular flexibility index (Phi) is 4.55. The highest BCUT2D eigenvalue weighted by atomic mass is 16.5. The van der Waals surface area contributed by atoms with Gasteiger partial charge in [-0.2, -0.15) is 0 Å². The van der Waals surface area contributed by atoms with Crippen LogP contribution in [0.15, 0.2) is 0 Å². The summed E-state index contributed by atoms with van der Waals surface area (Å²) < 4.78 is 4.87. The number of hydrogen-bond acceptors (Lipinski definition) is 3. The molecular weight excluding hydrogens is 196 g/mol. The minimum Gasteiger partial charge on any atom is -0.385 e. The maximum atomic E-state index is 11.5. The van der Waals surface area contributed by atoms with Gasteiger partial charge in [-0.05, 0) is 6.42 Å². The lowest BCUT2D eigenvalue weighted by Crippen LogP contribution is -2.55. The van der Waals surface area contributed by atoms with Crippen LogP contribution in [-0.2, 0) is 14.3 Å². The van der Waals surface area contributed by atoms with Gasteiger partial charge in [0.25, 0.3) is 0 Å². The number of carbonyl (C=O) groups is 2. The molecule has 1 aliphatic rings. The van der Waals surface area contributed by atoms with E-state index in [0.717, 1.165) is 6.42 Å². The molecule has 0 saturated carbocycles. The van der Waals surface area contributed by atoms with Crippen molar-refractivity contribution in [2.75, 3.05) is 33.4 Å². The molecule has 5 nitrogen and oxygen atoms in total. The second-order valence-electron chi connectivity index (χ2n) is 3.76. The van der Waals surface area contributed by atoms with Crippen LogP contribution in [0.5, 0.6) is 0 Å². The van der Waals surface area contributed by atoms with Crippen LogP contribution < -0.4 is 5.32 Å². The molecule has 0 bridgehead atoms. The first-order valence-corrected chi connectivity index (χ1v) is 5.17. The van der Waals surface area contributed by atoms with Crippen molar-refractivity contribution in [3.8, 4) is 0 Å². The Bertz CT molecular complexity index is 237. The van der Waals surface area contributed by atoms with E-state index >= 15 is 0 Å². The molecular formula is C10H18N2O3. The Labute approximate surface area is 89.8 Å². The number of nitrogens with zero attached hydrogens (tertiary/aromatic N) is 1. The van der Waals surface area contributed by atoms with Gasteiger partial charge < -0.3 is 15.0 Å². The SMILES string of the molecule is COCCCNC(=O)C1CN(C(C)=O)C1. The van der Waals surface area contributed by atoms with Gasteiger partial charge in [-0.15, -0.1) is 0 Å².